The van der Waals surface area contributed by atoms with Gasteiger partial charge in [-0.15, -0.1) is 11.8 Å². The zero-order chi connectivity index (χ0) is 8.55. The molecule has 2 heterocycles. The number of hydrogen-bond acceptors (Lipinski definition) is 4. The van der Waals surface area contributed by atoms with Crippen LogP contribution in [0, 0.1) is 0 Å². The van der Waals surface area contributed by atoms with Crippen LogP contribution in [-0.2, 0) is 0 Å². The molecule has 2 rings (SSSR count). The third kappa shape index (κ3) is 1.18. The van der Waals surface area contributed by atoms with Crippen molar-refractivity contribution in [2.45, 2.75) is 5.03 Å². The zero-order valence-electron chi connectivity index (χ0n) is 6.23. The molecule has 0 amide bonds. The van der Waals surface area contributed by atoms with Crippen molar-refractivity contribution in [3.63, 3.8) is 0 Å². The van der Waals surface area contributed by atoms with Crippen LogP contribution in [0.2, 0.25) is 0 Å². The Morgan fingerprint density at radius 2 is 2.25 bits per heavy atom. The van der Waals surface area contributed by atoms with Crippen LogP contribution in [0.3, 0.4) is 0 Å². The van der Waals surface area contributed by atoms with Crippen molar-refractivity contribution in [1.82, 2.24) is 17.7 Å². The lowest BCUT2D eigenvalue weighted by molar-refractivity contribution is 1.09. The highest BCUT2D eigenvalue weighted by Crippen LogP contribution is 2.21. The predicted molar refractivity (Wildman–Crippen MR) is 56.5 cm³/mol. The summed E-state index contributed by atoms with van der Waals surface area (Å²) in [5.41, 5.74) is 1.74. The minimum Gasteiger partial charge on any atom is -0.254 e. The van der Waals surface area contributed by atoms with Crippen LogP contribution in [0.1, 0.15) is 0 Å². The summed E-state index contributed by atoms with van der Waals surface area (Å²) in [6.45, 7) is 0. The molecule has 2 aromatic heterocycles. The number of aromatic nitrogens is 4. The molecule has 0 atom stereocenters. The Kier molecular flexibility index (Phi) is 2.18. The van der Waals surface area contributed by atoms with Crippen molar-refractivity contribution < 1.29 is 0 Å². The summed E-state index contributed by atoms with van der Waals surface area (Å²) in [5.74, 6) is 0. The standard InChI is InChI=1S/C6H5IN4S/c1-12-6-4-5(8-2-9-6)11(7)3-10-4/h2-3H,1H3. The predicted octanol–water partition coefficient (Wildman–Crippen LogP) is 1.75. The second-order valence-electron chi connectivity index (χ2n) is 2.11. The molecule has 0 fully saturated rings. The maximum atomic E-state index is 4.20. The Hall–Kier alpha value is -0.370. The highest BCUT2D eigenvalue weighted by molar-refractivity contribution is 14.1. The summed E-state index contributed by atoms with van der Waals surface area (Å²) < 4.78 is 1.86. The molecule has 0 spiro atoms. The summed E-state index contributed by atoms with van der Waals surface area (Å²) in [6, 6.07) is 0. The Morgan fingerprint density at radius 1 is 1.42 bits per heavy atom. The zero-order valence-corrected chi connectivity index (χ0v) is 9.20. The Bertz CT molecular complexity index is 413. The van der Waals surface area contributed by atoms with Crippen molar-refractivity contribution in [2.24, 2.45) is 0 Å². The lowest BCUT2D eigenvalue weighted by Gasteiger charge is -1.94. The van der Waals surface area contributed by atoms with Crippen LogP contribution >= 0.6 is 34.6 Å². The molecule has 4 nitrogen and oxygen atoms in total. The van der Waals surface area contributed by atoms with Gasteiger partial charge in [0.15, 0.2) is 5.65 Å². The SMILES string of the molecule is CSc1ncnc2c1ncn2I. The third-order valence-electron chi connectivity index (χ3n) is 1.45. The normalized spacial score (nSPS) is 10.8. The quantitative estimate of drug-likeness (QED) is 0.456. The van der Waals surface area contributed by atoms with E-state index >= 15 is 0 Å². The lowest BCUT2D eigenvalue weighted by Crippen LogP contribution is -1.86. The second kappa shape index (κ2) is 3.17. The summed E-state index contributed by atoms with van der Waals surface area (Å²) in [5, 5.41) is 0.926. The fraction of sp³-hybridized carbons (Fsp3) is 0.167. The monoisotopic (exact) mass is 292 g/mol. The summed E-state index contributed by atoms with van der Waals surface area (Å²) in [6.07, 6.45) is 5.28. The van der Waals surface area contributed by atoms with E-state index in [0.717, 1.165) is 16.2 Å². The van der Waals surface area contributed by atoms with Crippen LogP contribution in [0.25, 0.3) is 11.2 Å². The first-order valence-corrected chi connectivity index (χ1v) is 5.40. The summed E-state index contributed by atoms with van der Waals surface area (Å²) >= 11 is 3.72. The van der Waals surface area contributed by atoms with Crippen molar-refractivity contribution >= 4 is 45.8 Å². The molecule has 0 radical (unpaired) electrons. The van der Waals surface area contributed by atoms with Crippen LogP contribution in [0.4, 0.5) is 0 Å². The summed E-state index contributed by atoms with van der Waals surface area (Å²) in [7, 11) is 0. The van der Waals surface area contributed by atoms with Crippen LogP contribution < -0.4 is 0 Å². The van der Waals surface area contributed by atoms with Gasteiger partial charge < -0.3 is 0 Å². The highest BCUT2D eigenvalue weighted by atomic mass is 127. The molecular formula is C6H5IN4S. The minimum atomic E-state index is 0.870. The molecule has 0 unspecified atom stereocenters. The number of halogens is 1. The van der Waals surface area contributed by atoms with E-state index in [4.69, 9.17) is 0 Å². The van der Waals surface area contributed by atoms with E-state index < -0.39 is 0 Å². The molecule has 0 N–H and O–H groups in total. The van der Waals surface area contributed by atoms with Crippen molar-refractivity contribution in [3.05, 3.63) is 12.7 Å². The largest absolute Gasteiger partial charge is 0.254 e. The molecule has 0 aromatic carbocycles. The Balaban J connectivity index is 2.81. The maximum Gasteiger partial charge on any atom is 0.173 e. The van der Waals surface area contributed by atoms with Gasteiger partial charge in [0.2, 0.25) is 0 Å². The third-order valence-corrected chi connectivity index (χ3v) is 2.84. The van der Waals surface area contributed by atoms with Crippen molar-refractivity contribution in [2.75, 3.05) is 6.26 Å². The first kappa shape index (κ1) is 8.24. The maximum absolute atomic E-state index is 4.20. The second-order valence-corrected chi connectivity index (χ2v) is 3.95. The first-order chi connectivity index (χ1) is 5.83. The molecule has 0 saturated carbocycles. The van der Waals surface area contributed by atoms with Gasteiger partial charge in [-0.2, -0.15) is 0 Å². The number of thioether (sulfide) groups is 1. The molecular weight excluding hydrogens is 287 g/mol. The van der Waals surface area contributed by atoms with E-state index in [0.29, 0.717) is 0 Å². The smallest absolute Gasteiger partial charge is 0.173 e. The van der Waals surface area contributed by atoms with Crippen LogP contribution in [0.15, 0.2) is 17.7 Å². The van der Waals surface area contributed by atoms with E-state index in [1.807, 2.05) is 9.04 Å². The Morgan fingerprint density at radius 3 is 3.00 bits per heavy atom. The molecule has 0 aliphatic heterocycles. The fourth-order valence-electron chi connectivity index (χ4n) is 0.936. The van der Waals surface area contributed by atoms with Gasteiger partial charge in [0.1, 0.15) is 23.2 Å². The number of fused-ring (bicyclic) bond motifs is 1. The number of hydrogen-bond donors (Lipinski definition) is 0. The van der Waals surface area contributed by atoms with Crippen LogP contribution in [-0.4, -0.2) is 24.0 Å². The Labute approximate surface area is 87.3 Å². The van der Waals surface area contributed by atoms with Crippen molar-refractivity contribution in [1.29, 1.82) is 0 Å². The van der Waals surface area contributed by atoms with E-state index in [1.165, 1.54) is 0 Å². The van der Waals surface area contributed by atoms with E-state index in [-0.39, 0.29) is 0 Å². The van der Waals surface area contributed by atoms with Gasteiger partial charge in [-0.1, -0.05) is 0 Å². The minimum absolute atomic E-state index is 0.870. The molecule has 2 aromatic rings. The lowest BCUT2D eigenvalue weighted by atomic mass is 10.6. The highest BCUT2D eigenvalue weighted by Gasteiger charge is 2.06. The molecule has 0 aliphatic carbocycles. The average Bonchev–Trinajstić information content (AvgIpc) is 2.48. The average molecular weight is 292 g/mol. The molecule has 62 valence electrons. The van der Waals surface area contributed by atoms with Gasteiger partial charge >= 0.3 is 0 Å². The number of nitrogens with zero attached hydrogens (tertiary/aromatic N) is 4. The van der Waals surface area contributed by atoms with Gasteiger partial charge in [0.25, 0.3) is 0 Å². The summed E-state index contributed by atoms with van der Waals surface area (Å²) in [4.78, 5) is 12.4. The van der Waals surface area contributed by atoms with Crippen LogP contribution in [0.5, 0.6) is 0 Å². The first-order valence-electron chi connectivity index (χ1n) is 3.21. The molecule has 0 bridgehead atoms. The number of imidazole rings is 1. The molecule has 12 heavy (non-hydrogen) atoms. The number of rotatable bonds is 1. The molecule has 0 aliphatic rings. The van der Waals surface area contributed by atoms with E-state index in [2.05, 4.69) is 37.8 Å². The molecule has 0 saturated heterocycles. The van der Waals surface area contributed by atoms with E-state index in [1.54, 1.807) is 24.4 Å². The van der Waals surface area contributed by atoms with Gasteiger partial charge in [-0.3, -0.25) is 2.78 Å². The van der Waals surface area contributed by atoms with E-state index in [9.17, 15) is 0 Å². The van der Waals surface area contributed by atoms with Crippen molar-refractivity contribution in [3.8, 4) is 0 Å². The van der Waals surface area contributed by atoms with Gasteiger partial charge in [0.05, 0.1) is 22.9 Å². The topological polar surface area (TPSA) is 43.6 Å². The fourth-order valence-corrected chi connectivity index (χ4v) is 1.90. The van der Waals surface area contributed by atoms with Gasteiger partial charge in [-0.05, 0) is 6.26 Å². The van der Waals surface area contributed by atoms with Gasteiger partial charge in [0, 0.05) is 0 Å². The van der Waals surface area contributed by atoms with Gasteiger partial charge in [-0.25, -0.2) is 15.0 Å². The molecule has 6 heteroatoms.